The molecule has 6 nitrogen and oxygen atoms in total. The minimum atomic E-state index is -0.479. The van der Waals surface area contributed by atoms with Crippen LogP contribution in [0.5, 0.6) is 0 Å². The van der Waals surface area contributed by atoms with Gasteiger partial charge >= 0.3 is 0 Å². The van der Waals surface area contributed by atoms with Crippen LogP contribution in [0.2, 0.25) is 10.0 Å². The minimum absolute atomic E-state index is 0.203. The zero-order valence-corrected chi connectivity index (χ0v) is 22.9. The summed E-state index contributed by atoms with van der Waals surface area (Å²) in [5.74, 6) is 1.04. The number of carbonyl (C=O) groups excluding carboxylic acids is 1. The number of aryl methyl sites for hydroxylation is 2. The van der Waals surface area contributed by atoms with E-state index in [0.29, 0.717) is 38.2 Å². The quantitative estimate of drug-likeness (QED) is 0.245. The molecule has 0 aliphatic carbocycles. The van der Waals surface area contributed by atoms with Gasteiger partial charge in [-0.1, -0.05) is 76.9 Å². The van der Waals surface area contributed by atoms with Crippen molar-refractivity contribution in [2.75, 3.05) is 10.6 Å². The van der Waals surface area contributed by atoms with E-state index >= 15 is 0 Å². The summed E-state index contributed by atoms with van der Waals surface area (Å²) >= 11 is 13.8. The fourth-order valence-electron chi connectivity index (χ4n) is 4.36. The molecule has 1 aliphatic heterocycles. The second-order valence-corrected chi connectivity index (χ2v) is 10.8. The molecule has 1 atom stereocenters. The third kappa shape index (κ3) is 5.54. The van der Waals surface area contributed by atoms with Crippen molar-refractivity contribution < 1.29 is 4.79 Å². The van der Waals surface area contributed by atoms with Gasteiger partial charge < -0.3 is 10.6 Å². The molecular formula is C28H25Cl2N5OS. The molecule has 1 aromatic heterocycles. The maximum atomic E-state index is 13.7. The summed E-state index contributed by atoms with van der Waals surface area (Å²) in [5, 5.41) is 13.1. The number of carbonyl (C=O) groups is 1. The van der Waals surface area contributed by atoms with Crippen LogP contribution in [-0.4, -0.2) is 20.7 Å². The number of rotatable bonds is 6. The lowest BCUT2D eigenvalue weighted by Gasteiger charge is -2.29. The van der Waals surface area contributed by atoms with Crippen molar-refractivity contribution in [3.8, 4) is 0 Å². The second kappa shape index (κ2) is 10.6. The topological polar surface area (TPSA) is 71.8 Å². The van der Waals surface area contributed by atoms with E-state index < -0.39 is 6.04 Å². The summed E-state index contributed by atoms with van der Waals surface area (Å²) in [6.45, 7) is 5.90. The molecule has 1 aliphatic rings. The van der Waals surface area contributed by atoms with Crippen molar-refractivity contribution in [3.05, 3.63) is 110 Å². The Morgan fingerprint density at radius 1 is 1.03 bits per heavy atom. The van der Waals surface area contributed by atoms with Crippen LogP contribution in [0.1, 0.15) is 35.2 Å². The Kier molecular flexibility index (Phi) is 7.29. The smallest absolute Gasteiger partial charge is 0.255 e. The SMILES string of the molecule is CC1=C(C(=O)Nc2ccc(C)cc2C)[C@H](c2ccc(Cl)cc2)n2nc(SCc3cccc(Cl)c3)nc2N1. The van der Waals surface area contributed by atoms with Crippen LogP contribution in [0.25, 0.3) is 0 Å². The van der Waals surface area contributed by atoms with Crippen LogP contribution in [0.15, 0.2) is 83.2 Å². The first-order valence-corrected chi connectivity index (χ1v) is 13.5. The van der Waals surface area contributed by atoms with Gasteiger partial charge in [0.05, 0.1) is 5.57 Å². The molecule has 2 heterocycles. The molecule has 0 unspecified atom stereocenters. The number of nitrogens with one attached hydrogen (secondary N) is 2. The van der Waals surface area contributed by atoms with E-state index in [1.54, 1.807) is 4.68 Å². The van der Waals surface area contributed by atoms with Crippen LogP contribution in [0.4, 0.5) is 11.6 Å². The van der Waals surface area contributed by atoms with Crippen molar-refractivity contribution in [1.29, 1.82) is 0 Å². The van der Waals surface area contributed by atoms with Gasteiger partial charge in [0.1, 0.15) is 6.04 Å². The van der Waals surface area contributed by atoms with Crippen LogP contribution >= 0.6 is 35.0 Å². The first kappa shape index (κ1) is 25.4. The molecule has 188 valence electrons. The van der Waals surface area contributed by atoms with Crippen molar-refractivity contribution in [1.82, 2.24) is 14.8 Å². The van der Waals surface area contributed by atoms with E-state index in [9.17, 15) is 4.79 Å². The summed E-state index contributed by atoms with van der Waals surface area (Å²) in [5.41, 5.74) is 6.15. The monoisotopic (exact) mass is 549 g/mol. The lowest BCUT2D eigenvalue weighted by Crippen LogP contribution is -2.31. The number of thioether (sulfide) groups is 1. The van der Waals surface area contributed by atoms with E-state index in [-0.39, 0.29) is 5.91 Å². The third-order valence-electron chi connectivity index (χ3n) is 6.15. The van der Waals surface area contributed by atoms with Crippen LogP contribution in [0, 0.1) is 13.8 Å². The number of allylic oxidation sites excluding steroid dienone is 1. The number of hydrogen-bond acceptors (Lipinski definition) is 5. The molecule has 9 heteroatoms. The summed E-state index contributed by atoms with van der Waals surface area (Å²) in [6, 6.07) is 20.7. The molecule has 37 heavy (non-hydrogen) atoms. The first-order valence-electron chi connectivity index (χ1n) is 11.7. The number of halogens is 2. The average Bonchev–Trinajstić information content (AvgIpc) is 3.26. The van der Waals surface area contributed by atoms with E-state index in [1.807, 2.05) is 87.5 Å². The fourth-order valence-corrected chi connectivity index (χ4v) is 5.47. The highest BCUT2D eigenvalue weighted by atomic mass is 35.5. The Morgan fingerprint density at radius 3 is 2.54 bits per heavy atom. The lowest BCUT2D eigenvalue weighted by atomic mass is 9.95. The predicted octanol–water partition coefficient (Wildman–Crippen LogP) is 7.42. The van der Waals surface area contributed by atoms with Crippen LogP contribution in [-0.2, 0) is 10.5 Å². The highest BCUT2D eigenvalue weighted by molar-refractivity contribution is 7.98. The molecule has 0 saturated carbocycles. The van der Waals surface area contributed by atoms with Crippen molar-refractivity contribution in [2.45, 2.75) is 37.7 Å². The maximum absolute atomic E-state index is 13.7. The van der Waals surface area contributed by atoms with Gasteiger partial charge in [-0.05, 0) is 67.8 Å². The van der Waals surface area contributed by atoms with Gasteiger partial charge in [-0.2, -0.15) is 4.98 Å². The predicted molar refractivity (Wildman–Crippen MR) is 151 cm³/mol. The summed E-state index contributed by atoms with van der Waals surface area (Å²) in [4.78, 5) is 18.4. The molecular weight excluding hydrogens is 525 g/mol. The zero-order valence-electron chi connectivity index (χ0n) is 20.5. The minimum Gasteiger partial charge on any atom is -0.328 e. The van der Waals surface area contributed by atoms with Gasteiger partial charge in [-0.15, -0.1) is 5.10 Å². The molecule has 0 saturated heterocycles. The van der Waals surface area contributed by atoms with Gasteiger partial charge in [0.25, 0.3) is 5.91 Å². The van der Waals surface area contributed by atoms with E-state index in [4.69, 9.17) is 33.3 Å². The van der Waals surface area contributed by atoms with Gasteiger partial charge in [-0.25, -0.2) is 4.68 Å². The molecule has 0 bridgehead atoms. The summed E-state index contributed by atoms with van der Waals surface area (Å²) in [6.07, 6.45) is 0. The Labute approximate surface area is 230 Å². The number of amides is 1. The Hall–Kier alpha value is -3.26. The number of anilines is 2. The highest BCUT2D eigenvalue weighted by Gasteiger charge is 2.34. The van der Waals surface area contributed by atoms with Crippen LogP contribution < -0.4 is 10.6 Å². The van der Waals surface area contributed by atoms with Crippen molar-refractivity contribution in [3.63, 3.8) is 0 Å². The number of hydrogen-bond donors (Lipinski definition) is 2. The highest BCUT2D eigenvalue weighted by Crippen LogP contribution is 2.37. The molecule has 2 N–H and O–H groups in total. The molecule has 0 radical (unpaired) electrons. The Bertz CT molecular complexity index is 1510. The zero-order chi connectivity index (χ0) is 26.1. The fraction of sp³-hybridized carbons (Fsp3) is 0.179. The molecule has 4 aromatic rings. The average molecular weight is 551 g/mol. The summed E-state index contributed by atoms with van der Waals surface area (Å²) in [7, 11) is 0. The van der Waals surface area contributed by atoms with E-state index in [1.165, 1.54) is 11.8 Å². The second-order valence-electron chi connectivity index (χ2n) is 8.97. The number of fused-ring (bicyclic) bond motifs is 1. The Balaban J connectivity index is 1.49. The summed E-state index contributed by atoms with van der Waals surface area (Å²) < 4.78 is 1.77. The first-order chi connectivity index (χ1) is 17.8. The van der Waals surface area contributed by atoms with Crippen molar-refractivity contribution in [2.24, 2.45) is 0 Å². The standard InChI is InChI=1S/C28H25Cl2N5OS/c1-16-7-12-23(17(2)13-16)32-26(36)24-18(3)31-27-33-28(37-15-19-5-4-6-22(30)14-19)34-35(27)25(24)20-8-10-21(29)11-9-20/h4-14,25H,15H2,1-3H3,(H,32,36)(H,31,33,34)/t25-/m0/s1. The van der Waals surface area contributed by atoms with E-state index in [0.717, 1.165) is 27.9 Å². The molecule has 5 rings (SSSR count). The maximum Gasteiger partial charge on any atom is 0.255 e. The molecule has 0 fully saturated rings. The molecule has 0 spiro atoms. The largest absolute Gasteiger partial charge is 0.328 e. The van der Waals surface area contributed by atoms with Gasteiger partial charge in [-0.3, -0.25) is 4.79 Å². The number of aromatic nitrogens is 3. The van der Waals surface area contributed by atoms with Crippen molar-refractivity contribution >= 4 is 52.5 Å². The van der Waals surface area contributed by atoms with E-state index in [2.05, 4.69) is 10.6 Å². The van der Waals surface area contributed by atoms with Gasteiger partial charge in [0.2, 0.25) is 11.1 Å². The lowest BCUT2D eigenvalue weighted by molar-refractivity contribution is -0.113. The normalized spacial score (nSPS) is 14.8. The molecule has 3 aromatic carbocycles. The number of benzene rings is 3. The van der Waals surface area contributed by atoms with Gasteiger partial charge in [0.15, 0.2) is 0 Å². The number of nitrogens with zero attached hydrogens (tertiary/aromatic N) is 3. The van der Waals surface area contributed by atoms with Crippen LogP contribution in [0.3, 0.4) is 0 Å². The van der Waals surface area contributed by atoms with Gasteiger partial charge in [0, 0.05) is 27.2 Å². The Morgan fingerprint density at radius 2 is 1.81 bits per heavy atom. The third-order valence-corrected chi connectivity index (χ3v) is 7.55. The molecule has 1 amide bonds.